The van der Waals surface area contributed by atoms with Crippen LogP contribution in [0.5, 0.6) is 0 Å². The molecule has 2 nitrogen and oxygen atoms in total. The van der Waals surface area contributed by atoms with Crippen LogP contribution in [0, 0.1) is 0 Å². The van der Waals surface area contributed by atoms with Crippen LogP contribution in [0.15, 0.2) is 42.6 Å². The van der Waals surface area contributed by atoms with Crippen molar-refractivity contribution in [3.05, 3.63) is 58.7 Å². The van der Waals surface area contributed by atoms with E-state index in [9.17, 15) is 0 Å². The summed E-state index contributed by atoms with van der Waals surface area (Å²) < 4.78 is 0. The lowest BCUT2D eigenvalue weighted by molar-refractivity contribution is 0.755. The van der Waals surface area contributed by atoms with Gasteiger partial charge in [0.15, 0.2) is 0 Å². The second-order valence-corrected chi connectivity index (χ2v) is 5.06. The number of rotatable bonds is 1. The van der Waals surface area contributed by atoms with E-state index in [1.165, 1.54) is 17.5 Å². The molecule has 0 amide bonds. The summed E-state index contributed by atoms with van der Waals surface area (Å²) >= 11 is 5.88. The first-order valence-electron chi connectivity index (χ1n) is 6.26. The number of benzene rings is 1. The third-order valence-electron chi connectivity index (χ3n) is 3.39. The molecule has 0 fully saturated rings. The number of hydrogen-bond donors (Lipinski definition) is 0. The number of hydrogen-bond acceptors (Lipinski definition) is 2. The fourth-order valence-electron chi connectivity index (χ4n) is 2.45. The molecule has 0 saturated carbocycles. The summed E-state index contributed by atoms with van der Waals surface area (Å²) in [6.45, 7) is 1.98. The molecule has 1 aromatic carbocycles. The quantitative estimate of drug-likeness (QED) is 0.776. The number of aryl methyl sites for hydroxylation is 1. The second kappa shape index (κ2) is 4.99. The summed E-state index contributed by atoms with van der Waals surface area (Å²) in [5.41, 5.74) is 2.88. The van der Waals surface area contributed by atoms with Crippen LogP contribution in [0.25, 0.3) is 0 Å². The molecule has 18 heavy (non-hydrogen) atoms. The van der Waals surface area contributed by atoms with Crippen molar-refractivity contribution < 1.29 is 0 Å². The molecule has 1 aliphatic heterocycles. The minimum atomic E-state index is 0.689. The van der Waals surface area contributed by atoms with Crippen LogP contribution < -0.4 is 4.90 Å². The summed E-state index contributed by atoms with van der Waals surface area (Å²) in [5, 5.41) is 0.689. The van der Waals surface area contributed by atoms with Crippen LogP contribution in [0.4, 0.5) is 5.82 Å². The van der Waals surface area contributed by atoms with Crippen LogP contribution in [-0.2, 0) is 13.0 Å². The van der Waals surface area contributed by atoms with Gasteiger partial charge < -0.3 is 4.90 Å². The predicted molar refractivity (Wildman–Crippen MR) is 75.1 cm³/mol. The maximum atomic E-state index is 5.88. The highest BCUT2D eigenvalue weighted by Crippen LogP contribution is 2.23. The largest absolute Gasteiger partial charge is 0.352 e. The zero-order valence-corrected chi connectivity index (χ0v) is 10.9. The molecule has 1 aromatic heterocycles. The van der Waals surface area contributed by atoms with Crippen molar-refractivity contribution >= 4 is 17.4 Å². The van der Waals surface area contributed by atoms with Gasteiger partial charge >= 0.3 is 0 Å². The molecule has 2 heterocycles. The standard InChI is InChI=1S/C15H15ClN2/c16-14-7-8-15(17-10-14)18-9-3-6-12-4-1-2-5-13(12)11-18/h1-2,4-5,7-8,10H,3,6,9,11H2. The molecule has 0 N–H and O–H groups in total. The van der Waals surface area contributed by atoms with Gasteiger partial charge in [0.25, 0.3) is 0 Å². The Balaban J connectivity index is 1.89. The van der Waals surface area contributed by atoms with Gasteiger partial charge in [-0.2, -0.15) is 0 Å². The first kappa shape index (κ1) is 11.5. The van der Waals surface area contributed by atoms with Crippen molar-refractivity contribution in [1.29, 1.82) is 0 Å². The van der Waals surface area contributed by atoms with E-state index in [2.05, 4.69) is 34.1 Å². The van der Waals surface area contributed by atoms with Crippen molar-refractivity contribution in [3.8, 4) is 0 Å². The Morgan fingerprint density at radius 3 is 2.67 bits per heavy atom. The van der Waals surface area contributed by atoms with Gasteiger partial charge in [0.1, 0.15) is 5.82 Å². The van der Waals surface area contributed by atoms with Crippen molar-refractivity contribution in [2.75, 3.05) is 11.4 Å². The molecule has 0 bridgehead atoms. The Morgan fingerprint density at radius 2 is 1.89 bits per heavy atom. The van der Waals surface area contributed by atoms with Crippen LogP contribution in [0.2, 0.25) is 5.02 Å². The van der Waals surface area contributed by atoms with Gasteiger partial charge in [-0.25, -0.2) is 4.98 Å². The topological polar surface area (TPSA) is 16.1 Å². The Kier molecular flexibility index (Phi) is 3.20. The third-order valence-corrected chi connectivity index (χ3v) is 3.61. The third kappa shape index (κ3) is 2.34. The van der Waals surface area contributed by atoms with Gasteiger partial charge in [-0.1, -0.05) is 35.9 Å². The maximum absolute atomic E-state index is 5.88. The second-order valence-electron chi connectivity index (χ2n) is 4.63. The van der Waals surface area contributed by atoms with Crippen molar-refractivity contribution in [3.63, 3.8) is 0 Å². The summed E-state index contributed by atoms with van der Waals surface area (Å²) in [6, 6.07) is 12.6. The fourth-order valence-corrected chi connectivity index (χ4v) is 2.56. The Morgan fingerprint density at radius 1 is 1.06 bits per heavy atom. The monoisotopic (exact) mass is 258 g/mol. The summed E-state index contributed by atoms with van der Waals surface area (Å²) in [4.78, 5) is 6.73. The van der Waals surface area contributed by atoms with Crippen LogP contribution in [0.3, 0.4) is 0 Å². The molecule has 3 heteroatoms. The number of halogens is 1. The highest BCUT2D eigenvalue weighted by atomic mass is 35.5. The van der Waals surface area contributed by atoms with Gasteiger partial charge in [0.05, 0.1) is 5.02 Å². The Bertz CT molecular complexity index is 536. The van der Waals surface area contributed by atoms with Gasteiger partial charge in [-0.05, 0) is 36.1 Å². The summed E-state index contributed by atoms with van der Waals surface area (Å²) in [5.74, 6) is 1.01. The molecule has 3 rings (SSSR count). The molecular weight excluding hydrogens is 244 g/mol. The number of pyridine rings is 1. The van der Waals surface area contributed by atoms with E-state index >= 15 is 0 Å². The molecule has 2 aromatic rings. The molecule has 1 aliphatic rings. The van der Waals surface area contributed by atoms with Gasteiger partial charge in [-0.15, -0.1) is 0 Å². The zero-order chi connectivity index (χ0) is 12.4. The first-order chi connectivity index (χ1) is 8.83. The summed E-state index contributed by atoms with van der Waals surface area (Å²) in [6.07, 6.45) is 4.04. The number of fused-ring (bicyclic) bond motifs is 1. The SMILES string of the molecule is Clc1ccc(N2CCCc3ccccc3C2)nc1. The van der Waals surface area contributed by atoms with Crippen molar-refractivity contribution in [2.24, 2.45) is 0 Å². The maximum Gasteiger partial charge on any atom is 0.128 e. The first-order valence-corrected chi connectivity index (χ1v) is 6.64. The molecule has 0 atom stereocenters. The van der Waals surface area contributed by atoms with E-state index in [-0.39, 0.29) is 0 Å². The predicted octanol–water partition coefficient (Wildman–Crippen LogP) is 3.69. The van der Waals surface area contributed by atoms with Crippen LogP contribution >= 0.6 is 11.6 Å². The molecule has 0 unspecified atom stereocenters. The lowest BCUT2D eigenvalue weighted by Crippen LogP contribution is -2.23. The normalized spacial score (nSPS) is 15.1. The molecular formula is C15H15ClN2. The smallest absolute Gasteiger partial charge is 0.128 e. The van der Waals surface area contributed by atoms with E-state index in [1.807, 2.05) is 12.1 Å². The van der Waals surface area contributed by atoms with Gasteiger partial charge in [0.2, 0.25) is 0 Å². The number of nitrogens with zero attached hydrogens (tertiary/aromatic N) is 2. The number of aromatic nitrogens is 1. The van der Waals surface area contributed by atoms with E-state index in [4.69, 9.17) is 11.6 Å². The Labute approximate surface area is 112 Å². The zero-order valence-electron chi connectivity index (χ0n) is 10.1. The molecule has 0 spiro atoms. The summed E-state index contributed by atoms with van der Waals surface area (Å²) in [7, 11) is 0. The molecule has 92 valence electrons. The fraction of sp³-hybridized carbons (Fsp3) is 0.267. The lowest BCUT2D eigenvalue weighted by Gasteiger charge is -2.21. The minimum absolute atomic E-state index is 0.689. The minimum Gasteiger partial charge on any atom is -0.352 e. The van der Waals surface area contributed by atoms with E-state index in [0.717, 1.165) is 25.3 Å². The van der Waals surface area contributed by atoms with Crippen molar-refractivity contribution in [2.45, 2.75) is 19.4 Å². The molecule has 0 aliphatic carbocycles. The van der Waals surface area contributed by atoms with Crippen molar-refractivity contribution in [1.82, 2.24) is 4.98 Å². The van der Waals surface area contributed by atoms with Gasteiger partial charge in [0, 0.05) is 19.3 Å². The molecule has 0 saturated heterocycles. The van der Waals surface area contributed by atoms with E-state index in [1.54, 1.807) is 6.20 Å². The highest BCUT2D eigenvalue weighted by Gasteiger charge is 2.14. The van der Waals surface area contributed by atoms with Gasteiger partial charge in [-0.3, -0.25) is 0 Å². The number of anilines is 1. The van der Waals surface area contributed by atoms with E-state index < -0.39 is 0 Å². The molecule has 0 radical (unpaired) electrons. The highest BCUT2D eigenvalue weighted by molar-refractivity contribution is 6.30. The van der Waals surface area contributed by atoms with Crippen LogP contribution in [-0.4, -0.2) is 11.5 Å². The van der Waals surface area contributed by atoms with E-state index in [0.29, 0.717) is 5.02 Å². The van der Waals surface area contributed by atoms with Crippen LogP contribution in [0.1, 0.15) is 17.5 Å². The Hall–Kier alpha value is -1.54. The average Bonchev–Trinajstić information content (AvgIpc) is 2.61. The average molecular weight is 259 g/mol. The lowest BCUT2D eigenvalue weighted by atomic mass is 10.0.